The van der Waals surface area contributed by atoms with Crippen LogP contribution in [0.2, 0.25) is 0 Å². The standard InChI is InChI=1S/C29H36F3N7O3/c1-37-15-12-20(13-16-37)38(2)26(41)18-8-10-19(11-9-18)34-28-33-17-22(29(30,31)32)25(36-28)35-23-6-3-5-21(23)27(42)39-14-4-7-24(39)40/h8-11,17,20-21,23H,3-7,12-16H2,1-2H3,(H2,33,34,35,36)/t21-,23+/m0/s1. The van der Waals surface area contributed by atoms with Gasteiger partial charge in [-0.15, -0.1) is 0 Å². The van der Waals surface area contributed by atoms with Crippen LogP contribution in [0.15, 0.2) is 30.5 Å². The molecular weight excluding hydrogens is 551 g/mol. The maximum atomic E-state index is 13.9. The Morgan fingerprint density at radius 3 is 2.38 bits per heavy atom. The Bertz CT molecular complexity index is 1310. The highest BCUT2D eigenvalue weighted by molar-refractivity contribution is 5.98. The van der Waals surface area contributed by atoms with Crippen LogP contribution in [0.5, 0.6) is 0 Å². The molecule has 3 fully saturated rings. The number of halogens is 3. The summed E-state index contributed by atoms with van der Waals surface area (Å²) in [4.78, 5) is 51.4. The maximum Gasteiger partial charge on any atom is 0.421 e. The van der Waals surface area contributed by atoms with Crippen LogP contribution in [0, 0.1) is 5.92 Å². The minimum Gasteiger partial charge on any atom is -0.366 e. The zero-order chi connectivity index (χ0) is 30.0. The van der Waals surface area contributed by atoms with Crippen molar-refractivity contribution in [1.29, 1.82) is 0 Å². The molecule has 3 heterocycles. The third-order valence-electron chi connectivity index (χ3n) is 8.53. The monoisotopic (exact) mass is 587 g/mol. The lowest BCUT2D eigenvalue weighted by molar-refractivity contribution is -0.144. The number of rotatable bonds is 7. The fourth-order valence-electron chi connectivity index (χ4n) is 6.02. The summed E-state index contributed by atoms with van der Waals surface area (Å²) >= 11 is 0. The Morgan fingerprint density at radius 2 is 1.74 bits per heavy atom. The van der Waals surface area contributed by atoms with Gasteiger partial charge in [0.25, 0.3) is 5.91 Å². The molecule has 0 unspecified atom stereocenters. The largest absolute Gasteiger partial charge is 0.421 e. The third kappa shape index (κ3) is 6.50. The molecule has 42 heavy (non-hydrogen) atoms. The van der Waals surface area contributed by atoms with Gasteiger partial charge in [-0.2, -0.15) is 18.2 Å². The molecule has 2 saturated heterocycles. The van der Waals surface area contributed by atoms with Gasteiger partial charge >= 0.3 is 6.18 Å². The molecule has 3 aliphatic rings. The van der Waals surface area contributed by atoms with E-state index in [9.17, 15) is 27.6 Å². The number of piperidine rings is 1. The van der Waals surface area contributed by atoms with Crippen molar-refractivity contribution >= 4 is 35.2 Å². The smallest absolute Gasteiger partial charge is 0.366 e. The van der Waals surface area contributed by atoms with Gasteiger partial charge in [-0.05, 0) is 76.5 Å². The van der Waals surface area contributed by atoms with E-state index in [0.29, 0.717) is 56.1 Å². The zero-order valence-corrected chi connectivity index (χ0v) is 23.8. The summed E-state index contributed by atoms with van der Waals surface area (Å²) in [6, 6.07) is 6.21. The second-order valence-electron chi connectivity index (χ2n) is 11.4. The van der Waals surface area contributed by atoms with Crippen LogP contribution in [-0.4, -0.2) is 88.2 Å². The molecule has 0 bridgehead atoms. The fraction of sp³-hybridized carbons (Fsp3) is 0.552. The highest BCUT2D eigenvalue weighted by Crippen LogP contribution is 2.37. The number of nitrogens with zero attached hydrogens (tertiary/aromatic N) is 5. The van der Waals surface area contributed by atoms with Gasteiger partial charge in [0, 0.05) is 49.5 Å². The lowest BCUT2D eigenvalue weighted by Crippen LogP contribution is -2.44. The molecule has 1 saturated carbocycles. The molecule has 2 aliphatic heterocycles. The van der Waals surface area contributed by atoms with Crippen molar-refractivity contribution in [2.45, 2.75) is 63.2 Å². The number of carbonyl (C=O) groups is 3. The van der Waals surface area contributed by atoms with Crippen molar-refractivity contribution < 1.29 is 27.6 Å². The third-order valence-corrected chi connectivity index (χ3v) is 8.53. The first-order valence-electron chi connectivity index (χ1n) is 14.4. The van der Waals surface area contributed by atoms with Gasteiger partial charge in [-0.3, -0.25) is 19.3 Å². The van der Waals surface area contributed by atoms with Crippen LogP contribution in [0.1, 0.15) is 60.9 Å². The van der Waals surface area contributed by atoms with Gasteiger partial charge in [0.05, 0.1) is 5.92 Å². The Morgan fingerprint density at radius 1 is 1.02 bits per heavy atom. The van der Waals surface area contributed by atoms with Crippen molar-refractivity contribution in [1.82, 2.24) is 24.7 Å². The fourth-order valence-corrected chi connectivity index (χ4v) is 6.02. The van der Waals surface area contributed by atoms with E-state index < -0.39 is 29.5 Å². The van der Waals surface area contributed by atoms with E-state index >= 15 is 0 Å². The molecule has 1 aromatic carbocycles. The minimum absolute atomic E-state index is 0.0661. The second kappa shape index (κ2) is 12.2. The zero-order valence-electron chi connectivity index (χ0n) is 23.8. The lowest BCUT2D eigenvalue weighted by atomic mass is 10.0. The molecular formula is C29H36F3N7O3. The number of amides is 3. The van der Waals surface area contributed by atoms with Gasteiger partial charge in [0.15, 0.2) is 0 Å². The molecule has 0 radical (unpaired) electrons. The number of nitrogens with one attached hydrogen (secondary N) is 2. The Balaban J connectivity index is 1.29. The van der Waals surface area contributed by atoms with Crippen molar-refractivity contribution in [2.24, 2.45) is 5.92 Å². The maximum absolute atomic E-state index is 13.9. The molecule has 0 spiro atoms. The number of aromatic nitrogens is 2. The molecule has 2 N–H and O–H groups in total. The first-order chi connectivity index (χ1) is 20.0. The van der Waals surface area contributed by atoms with Crippen molar-refractivity contribution in [3.8, 4) is 0 Å². The van der Waals surface area contributed by atoms with E-state index in [1.165, 1.54) is 4.90 Å². The van der Waals surface area contributed by atoms with E-state index in [2.05, 4.69) is 32.5 Å². The first kappa shape index (κ1) is 29.7. The van der Waals surface area contributed by atoms with Gasteiger partial charge in [-0.1, -0.05) is 6.42 Å². The summed E-state index contributed by atoms with van der Waals surface area (Å²) < 4.78 is 41.6. The van der Waals surface area contributed by atoms with E-state index in [0.717, 1.165) is 25.9 Å². The summed E-state index contributed by atoms with van der Waals surface area (Å²) in [6.07, 6.45) is 0.316. The van der Waals surface area contributed by atoms with E-state index in [1.807, 2.05) is 0 Å². The molecule has 226 valence electrons. The number of hydrogen-bond acceptors (Lipinski definition) is 8. The molecule has 3 amide bonds. The predicted molar refractivity (Wildman–Crippen MR) is 150 cm³/mol. The first-order valence-corrected chi connectivity index (χ1v) is 14.4. The van der Waals surface area contributed by atoms with Gasteiger partial charge < -0.3 is 20.4 Å². The second-order valence-corrected chi connectivity index (χ2v) is 11.4. The minimum atomic E-state index is -4.72. The summed E-state index contributed by atoms with van der Waals surface area (Å²) in [7, 11) is 3.87. The SMILES string of the molecule is CN1CCC(N(C)C(=O)c2ccc(Nc3ncc(C(F)(F)F)c(N[C@@H]4CCC[C@@H]4C(=O)N4CCCC4=O)n3)cc2)CC1. The van der Waals surface area contributed by atoms with Crippen LogP contribution >= 0.6 is 0 Å². The number of carbonyl (C=O) groups excluding carboxylic acids is 3. The lowest BCUT2D eigenvalue weighted by Gasteiger charge is -2.35. The molecule has 2 atom stereocenters. The molecule has 1 aliphatic carbocycles. The highest BCUT2D eigenvalue weighted by atomic mass is 19.4. The number of anilines is 3. The number of alkyl halides is 3. The van der Waals surface area contributed by atoms with Gasteiger partial charge in [-0.25, -0.2) is 4.98 Å². The summed E-state index contributed by atoms with van der Waals surface area (Å²) in [5.74, 6) is -1.78. The average Bonchev–Trinajstić information content (AvgIpc) is 3.61. The predicted octanol–water partition coefficient (Wildman–Crippen LogP) is 4.13. The number of likely N-dealkylation sites (tertiary alicyclic amines) is 2. The van der Waals surface area contributed by atoms with Crippen molar-refractivity contribution in [3.63, 3.8) is 0 Å². The van der Waals surface area contributed by atoms with Gasteiger partial charge in [0.1, 0.15) is 11.4 Å². The Labute approximate surface area is 242 Å². The molecule has 2 aromatic rings. The Kier molecular flexibility index (Phi) is 8.67. The van der Waals surface area contributed by atoms with Crippen molar-refractivity contribution in [2.75, 3.05) is 44.4 Å². The number of hydrogen-bond donors (Lipinski definition) is 2. The highest BCUT2D eigenvalue weighted by Gasteiger charge is 2.41. The van der Waals surface area contributed by atoms with Crippen LogP contribution in [0.25, 0.3) is 0 Å². The number of imide groups is 1. The summed E-state index contributed by atoms with van der Waals surface area (Å²) in [6.45, 7) is 2.21. The normalized spacial score (nSPS) is 21.9. The topological polar surface area (TPSA) is 111 Å². The molecule has 1 aromatic heterocycles. The average molecular weight is 588 g/mol. The number of benzene rings is 1. The van der Waals surface area contributed by atoms with Gasteiger partial charge in [0.2, 0.25) is 17.8 Å². The molecule has 10 nitrogen and oxygen atoms in total. The van der Waals surface area contributed by atoms with E-state index in [-0.39, 0.29) is 29.7 Å². The van der Waals surface area contributed by atoms with Crippen LogP contribution in [0.4, 0.5) is 30.6 Å². The Hall–Kier alpha value is -3.74. The summed E-state index contributed by atoms with van der Waals surface area (Å²) in [5, 5.41) is 5.77. The summed E-state index contributed by atoms with van der Waals surface area (Å²) in [5.41, 5.74) is -0.0342. The molecule has 5 rings (SSSR count). The van der Waals surface area contributed by atoms with Crippen LogP contribution in [-0.2, 0) is 15.8 Å². The van der Waals surface area contributed by atoms with E-state index in [4.69, 9.17) is 0 Å². The molecule has 13 heteroatoms. The van der Waals surface area contributed by atoms with Crippen LogP contribution < -0.4 is 10.6 Å². The van der Waals surface area contributed by atoms with Crippen molar-refractivity contribution in [3.05, 3.63) is 41.6 Å². The van der Waals surface area contributed by atoms with Crippen LogP contribution in [0.3, 0.4) is 0 Å². The quantitative estimate of drug-likeness (QED) is 0.466. The van der Waals surface area contributed by atoms with E-state index in [1.54, 1.807) is 36.2 Å².